The molecule has 0 aromatic carbocycles. The van der Waals surface area contributed by atoms with Crippen molar-refractivity contribution in [2.45, 2.75) is 0 Å². The van der Waals surface area contributed by atoms with Crippen molar-refractivity contribution in [2.24, 2.45) is 0 Å². The van der Waals surface area contributed by atoms with Crippen LogP contribution in [-0.4, -0.2) is 0 Å². The molecule has 0 aliphatic heterocycles. The number of hydrogen-bond donors (Lipinski definition) is 0. The van der Waals surface area contributed by atoms with Crippen LogP contribution < -0.4 is 0 Å². The first-order valence-electron chi connectivity index (χ1n) is 0. The predicted octanol–water partition coefficient (Wildman–Crippen LogP) is -0.0146. The van der Waals surface area contributed by atoms with Gasteiger partial charge in [0.1, 0.15) is 0 Å². The Morgan fingerprint density at radius 3 is 0.667 bits per heavy atom. The molecule has 0 N–H and O–H groups in total. The van der Waals surface area contributed by atoms with Gasteiger partial charge in [0.2, 0.25) is 0 Å². The Balaban J connectivity index is 0. The van der Waals surface area contributed by atoms with Crippen LogP contribution in [0.25, 0.3) is 0 Å². The predicted molar refractivity (Wildman–Crippen MR) is 29.5 cm³/mol. The van der Waals surface area contributed by atoms with Crippen molar-refractivity contribution in [3.63, 3.8) is 0 Å². The smallest absolute Gasteiger partial charge is 2.00 e. The third-order valence-corrected chi connectivity index (χ3v) is 0. The van der Waals surface area contributed by atoms with E-state index < -0.39 is 0 Å². The molecule has 0 spiro atoms. The summed E-state index contributed by atoms with van der Waals surface area (Å²) in [5.41, 5.74) is 0. The second-order valence-corrected chi connectivity index (χ2v) is 0. The summed E-state index contributed by atoms with van der Waals surface area (Å²) in [7, 11) is 0. The summed E-state index contributed by atoms with van der Waals surface area (Å²) in [6.07, 6.45) is 0. The second kappa shape index (κ2) is 49.9. The summed E-state index contributed by atoms with van der Waals surface area (Å²) < 4.78 is 0. The van der Waals surface area contributed by atoms with Crippen molar-refractivity contribution >= 4 is 54.0 Å². The Morgan fingerprint density at radius 1 is 0.667 bits per heavy atom. The van der Waals surface area contributed by atoms with Crippen molar-refractivity contribution in [1.82, 2.24) is 0 Å². The average Bonchev–Trinajstić information content (AvgIpc) is 0. The van der Waals surface area contributed by atoms with Gasteiger partial charge in [0.15, 0.2) is 0 Å². The molecule has 0 rings (SSSR count). The minimum atomic E-state index is 0. The van der Waals surface area contributed by atoms with Gasteiger partial charge in [-0.1, -0.05) is 0 Å². The van der Waals surface area contributed by atoms with Crippen LogP contribution in [0.2, 0.25) is 0 Å². The zero-order valence-corrected chi connectivity index (χ0v) is 9.82. The molecule has 37 valence electrons. The molecule has 0 nitrogen and oxygen atoms in total. The topological polar surface area (TPSA) is 0 Å². The molecule has 0 aromatic heterocycles. The maximum absolute atomic E-state index is 0. The van der Waals surface area contributed by atoms with Crippen molar-refractivity contribution in [1.29, 1.82) is 0 Å². The summed E-state index contributed by atoms with van der Waals surface area (Å²) in [5.74, 6) is 0. The molecule has 0 heterocycles. The molecule has 0 saturated heterocycles. The molecule has 0 unspecified atom stereocenters. The van der Waals surface area contributed by atoms with Gasteiger partial charge in [-0.15, -0.1) is 0 Å². The first-order valence-corrected chi connectivity index (χ1v) is 0. The van der Waals surface area contributed by atoms with Gasteiger partial charge < -0.3 is 40.5 Å². The van der Waals surface area contributed by atoms with Crippen molar-refractivity contribution in [3.8, 4) is 0 Å². The maximum Gasteiger partial charge on any atom is 2.00 e. The van der Waals surface area contributed by atoms with Gasteiger partial charge in [-0.05, 0) is 0 Å². The van der Waals surface area contributed by atoms with E-state index in [1.807, 2.05) is 0 Å². The molecule has 0 amide bonds. The molecule has 0 saturated carbocycles. The second-order valence-electron chi connectivity index (χ2n) is 0. The van der Waals surface area contributed by atoms with Gasteiger partial charge in [-0.25, -0.2) is 0 Å². The van der Waals surface area contributed by atoms with Gasteiger partial charge in [0.05, 0.1) is 0 Å². The van der Waals surface area contributed by atoms with Crippen LogP contribution in [0.3, 0.4) is 0 Å². The molecule has 0 bridgehead atoms. The van der Waals surface area contributed by atoms with Crippen LogP contribution in [0.5, 0.6) is 0 Å². The molecule has 6 heteroatoms. The van der Waals surface area contributed by atoms with Gasteiger partial charge >= 0.3 is 50.0 Å². The molecule has 0 aliphatic rings. The number of rotatable bonds is 0. The molecular weight excluding hydrogens is 257 g/mol. The molecular formula is CuS4Zn. The van der Waals surface area contributed by atoms with E-state index in [2.05, 4.69) is 0 Å². The van der Waals surface area contributed by atoms with Crippen LogP contribution in [0.4, 0.5) is 0 Å². The van der Waals surface area contributed by atoms with Crippen molar-refractivity contribution in [3.05, 3.63) is 0 Å². The first kappa shape index (κ1) is 75.2. The van der Waals surface area contributed by atoms with E-state index in [4.69, 9.17) is 0 Å². The first-order chi connectivity index (χ1) is 0. The Hall–Kier alpha value is 2.54. The van der Waals surface area contributed by atoms with Crippen LogP contribution in [0, 0.1) is 0 Å². The van der Waals surface area contributed by atoms with E-state index in [-0.39, 0.29) is 90.5 Å². The standard InChI is InChI=1S/Cu.4S.Zn/q+2;3*-2;2*+2. The van der Waals surface area contributed by atoms with E-state index in [0.29, 0.717) is 0 Å². The van der Waals surface area contributed by atoms with Crippen LogP contribution in [0.1, 0.15) is 0 Å². The normalized spacial score (nSPS) is 0. The van der Waals surface area contributed by atoms with Gasteiger partial charge in [-0.3, -0.25) is 0 Å². The van der Waals surface area contributed by atoms with Gasteiger partial charge in [-0.2, -0.15) is 0 Å². The fourth-order valence-electron chi connectivity index (χ4n) is 0. The summed E-state index contributed by atoms with van der Waals surface area (Å²) in [4.78, 5) is 0. The molecule has 6 heavy (non-hydrogen) atoms. The minimum absolute atomic E-state index is 0. The summed E-state index contributed by atoms with van der Waals surface area (Å²) in [5, 5.41) is 0. The molecule has 0 aliphatic carbocycles. The third kappa shape index (κ3) is 31.1. The van der Waals surface area contributed by atoms with Crippen LogP contribution >= 0.6 is 0 Å². The average molecular weight is 257 g/mol. The van der Waals surface area contributed by atoms with E-state index in [1.165, 1.54) is 0 Å². The van der Waals surface area contributed by atoms with E-state index in [1.54, 1.807) is 0 Å². The zero-order valence-electron chi connectivity index (χ0n) is 2.64. The third-order valence-electron chi connectivity index (χ3n) is 0. The Kier molecular flexibility index (Phi) is 626. The summed E-state index contributed by atoms with van der Waals surface area (Å²) >= 11 is 0. The SMILES string of the molecule is [Cu+2].[S+2].[S-2].[S-2].[S-2].[Zn+2]. The van der Waals surface area contributed by atoms with Gasteiger partial charge in [0.25, 0.3) is 0 Å². The molecule has 5 radical (unpaired) electrons. The number of hydrogen-bond acceptors (Lipinski definition) is 0. The summed E-state index contributed by atoms with van der Waals surface area (Å²) in [6, 6.07) is 0. The minimum Gasteiger partial charge on any atom is -2.00 e. The largest absolute Gasteiger partial charge is 2.00 e. The fraction of sp³-hybridized carbons (Fsp3) is 0. The van der Waals surface area contributed by atoms with Crippen molar-refractivity contribution in [2.75, 3.05) is 0 Å². The monoisotopic (exact) mass is 255 g/mol. The fourth-order valence-corrected chi connectivity index (χ4v) is 0. The Labute approximate surface area is 89.6 Å². The molecule has 0 atom stereocenters. The Bertz CT molecular complexity index is 7.51. The maximum atomic E-state index is 0. The molecule has 0 fully saturated rings. The summed E-state index contributed by atoms with van der Waals surface area (Å²) in [6.45, 7) is 0. The van der Waals surface area contributed by atoms with Crippen molar-refractivity contribution < 1.29 is 36.5 Å². The quantitative estimate of drug-likeness (QED) is 0.535. The van der Waals surface area contributed by atoms with Gasteiger partial charge in [0, 0.05) is 0 Å². The van der Waals surface area contributed by atoms with Crippen LogP contribution in [-0.2, 0) is 90.5 Å². The van der Waals surface area contributed by atoms with Crippen LogP contribution in [0.15, 0.2) is 0 Å². The Morgan fingerprint density at radius 2 is 0.667 bits per heavy atom. The van der Waals surface area contributed by atoms with E-state index >= 15 is 0 Å². The van der Waals surface area contributed by atoms with E-state index in [0.717, 1.165) is 0 Å². The molecule has 0 aromatic rings. The van der Waals surface area contributed by atoms with E-state index in [9.17, 15) is 0 Å². The zero-order chi connectivity index (χ0) is 0.